The van der Waals surface area contributed by atoms with Gasteiger partial charge in [-0.3, -0.25) is 0 Å². The van der Waals surface area contributed by atoms with Crippen molar-refractivity contribution in [2.45, 2.75) is 29.9 Å². The molecule has 1 aromatic carbocycles. The Balaban J connectivity index is 2.06. The molecule has 4 nitrogen and oxygen atoms in total. The van der Waals surface area contributed by atoms with Gasteiger partial charge in [0.2, 0.25) is 0 Å². The van der Waals surface area contributed by atoms with Gasteiger partial charge in [0, 0.05) is 0 Å². The molecule has 145 valence electrons. The van der Waals surface area contributed by atoms with Crippen LogP contribution in [0.25, 0.3) is 0 Å². The Morgan fingerprint density at radius 1 is 1.21 bits per heavy atom. The van der Waals surface area contributed by atoms with Crippen molar-refractivity contribution in [2.75, 3.05) is 18.4 Å². The van der Waals surface area contributed by atoms with Crippen LogP contribution in [0.1, 0.15) is 25.8 Å². The molecule has 28 heavy (non-hydrogen) atoms. The molecule has 1 fully saturated rings. The summed E-state index contributed by atoms with van der Waals surface area (Å²) in [5, 5.41) is 6.51. The Morgan fingerprint density at radius 2 is 1.86 bits per heavy atom. The summed E-state index contributed by atoms with van der Waals surface area (Å²) in [6.07, 6.45) is 2.64. The number of nitrogens with zero attached hydrogens (tertiary/aromatic N) is 2. The minimum absolute atomic E-state index is 0.0207. The van der Waals surface area contributed by atoms with E-state index in [0.717, 1.165) is 42.4 Å². The van der Waals surface area contributed by atoms with E-state index in [1.807, 2.05) is 6.92 Å². The van der Waals surface area contributed by atoms with E-state index in [2.05, 4.69) is 84.5 Å². The van der Waals surface area contributed by atoms with Crippen molar-refractivity contribution in [3.8, 4) is 0 Å². The summed E-state index contributed by atoms with van der Waals surface area (Å²) in [5.41, 5.74) is 5.56. The van der Waals surface area contributed by atoms with Crippen LogP contribution >= 0.6 is 0 Å². The zero-order valence-electron chi connectivity index (χ0n) is 17.4. The van der Waals surface area contributed by atoms with E-state index < -0.39 is 0 Å². The number of benzene rings is 1. The zero-order valence-corrected chi connectivity index (χ0v) is 22.8. The van der Waals surface area contributed by atoms with Gasteiger partial charge in [0.15, 0.2) is 0 Å². The normalized spacial score (nSPS) is 19.0. The first kappa shape index (κ1) is 22.3. The van der Waals surface area contributed by atoms with Gasteiger partial charge in [-0.25, -0.2) is 0 Å². The summed E-state index contributed by atoms with van der Waals surface area (Å²) in [5.74, 6) is 0.999. The second kappa shape index (κ2) is 9.51. The van der Waals surface area contributed by atoms with Gasteiger partial charge in [-0.2, -0.15) is 0 Å². The molecule has 0 amide bonds. The summed E-state index contributed by atoms with van der Waals surface area (Å²) >= 11 is 0.460. The number of hydrogen-bond acceptors (Lipinski definition) is 4. The predicted octanol–water partition coefficient (Wildman–Crippen LogP) is 4.68. The van der Waals surface area contributed by atoms with Crippen LogP contribution in [0.2, 0.25) is 0 Å². The Kier molecular flexibility index (Phi) is 7.59. The summed E-state index contributed by atoms with van der Waals surface area (Å²) in [6, 6.07) is 8.44. The summed E-state index contributed by atoms with van der Waals surface area (Å²) in [4.78, 5) is 4.59. The van der Waals surface area contributed by atoms with E-state index in [4.69, 9.17) is 0 Å². The topological polar surface area (TPSA) is 30.5 Å². The Morgan fingerprint density at radius 3 is 2.43 bits per heavy atom. The van der Waals surface area contributed by atoms with Crippen LogP contribution < -0.4 is 10.6 Å². The first-order valence-electron chi connectivity index (χ1n) is 9.48. The number of rotatable bonds is 10. The molecule has 2 N–H and O–H groups in total. The van der Waals surface area contributed by atoms with Crippen LogP contribution in [0.3, 0.4) is 0 Å². The molecule has 1 unspecified atom stereocenters. The number of hydrogen-bond donors (Lipinski definition) is 2. The molecule has 0 aromatic heterocycles. The van der Waals surface area contributed by atoms with Crippen molar-refractivity contribution in [1.29, 1.82) is 0 Å². The van der Waals surface area contributed by atoms with Gasteiger partial charge in [-0.15, -0.1) is 0 Å². The Labute approximate surface area is 186 Å². The average molecular weight is 564 g/mol. The first-order chi connectivity index (χ1) is 13.2. The van der Waals surface area contributed by atoms with E-state index in [1.54, 1.807) is 6.20 Å². The van der Waals surface area contributed by atoms with E-state index in [-0.39, 0.29) is 3.05 Å². The van der Waals surface area contributed by atoms with Crippen molar-refractivity contribution in [1.82, 2.24) is 15.1 Å². The van der Waals surface area contributed by atoms with Crippen molar-refractivity contribution in [3.63, 3.8) is 0 Å². The zero-order chi connectivity index (χ0) is 20.9. The summed E-state index contributed by atoms with van der Waals surface area (Å²) < 4.78 is -0.0207. The molecule has 0 spiro atoms. The fourth-order valence-corrected chi connectivity index (χ4v) is 5.08. The molecular weight excluding hydrogens is 533 g/mol. The Bertz CT molecular complexity index is 776. The molecule has 1 aliphatic rings. The van der Waals surface area contributed by atoms with Gasteiger partial charge < -0.3 is 0 Å². The molecule has 0 aliphatic carbocycles. The van der Waals surface area contributed by atoms with Crippen LogP contribution in [0.15, 0.2) is 86.1 Å². The molecule has 0 radical (unpaired) electrons. The molecule has 2 rings (SSSR count). The van der Waals surface area contributed by atoms with Crippen LogP contribution in [0.5, 0.6) is 0 Å². The van der Waals surface area contributed by atoms with Crippen LogP contribution in [-0.4, -0.2) is 25.9 Å². The van der Waals surface area contributed by atoms with Crippen LogP contribution in [-0.2, 0) is 32.7 Å². The molecule has 5 heteroatoms. The number of nitrogens with one attached hydrogen (secondary N) is 2. The second-order valence-electron chi connectivity index (χ2n) is 7.59. The fourth-order valence-electron chi connectivity index (χ4n) is 3.19. The van der Waals surface area contributed by atoms with Gasteiger partial charge in [0.05, 0.1) is 0 Å². The second-order valence-corrected chi connectivity index (χ2v) is 12.9. The standard InChI is InChI=1S/C23H31N4.Hg/c1-8-24-23-11-9-22(10-12-23)16-27-20(6)19(5)26(21(27)7)15-18(4)25-14-13-17(2)3;/h8-12,24-25H,1-2,4-5,7,13-16H2,3,6H3;. The third-order valence-electron chi connectivity index (χ3n) is 5.01. The fraction of sp³-hybridized carbons (Fsp3) is 0.304. The SMILES string of the molecule is C=CNc1ccc(CN2C(=C)N(CC(=C)NCCC(=C)C)C(=C)[C]2(C)[Hg])cc1. The minimum atomic E-state index is -0.0207. The molecule has 1 aliphatic heterocycles. The molecular formula is C23H31HgN4. The van der Waals surface area contributed by atoms with E-state index in [9.17, 15) is 0 Å². The maximum absolute atomic E-state index is 4.40. The molecule has 1 saturated heterocycles. The van der Waals surface area contributed by atoms with Crippen LogP contribution in [0, 0.1) is 0 Å². The summed E-state index contributed by atoms with van der Waals surface area (Å²) in [7, 11) is 0. The van der Waals surface area contributed by atoms with Crippen LogP contribution in [0.4, 0.5) is 5.69 Å². The Hall–Kier alpha value is -1.94. The van der Waals surface area contributed by atoms with Crippen molar-refractivity contribution in [3.05, 3.63) is 91.7 Å². The number of anilines is 1. The van der Waals surface area contributed by atoms with E-state index in [1.165, 1.54) is 11.1 Å². The molecule has 1 aromatic rings. The first-order valence-corrected chi connectivity index (χ1v) is 12.2. The van der Waals surface area contributed by atoms with Gasteiger partial charge in [0.1, 0.15) is 0 Å². The van der Waals surface area contributed by atoms with Crippen molar-refractivity contribution >= 4 is 5.69 Å². The maximum atomic E-state index is 4.40. The quantitative estimate of drug-likeness (QED) is 0.320. The van der Waals surface area contributed by atoms with Gasteiger partial charge >= 0.3 is 187 Å². The average Bonchev–Trinajstić information content (AvgIpc) is 2.78. The van der Waals surface area contributed by atoms with E-state index in [0.29, 0.717) is 32.7 Å². The van der Waals surface area contributed by atoms with Gasteiger partial charge in [0.25, 0.3) is 0 Å². The van der Waals surface area contributed by atoms with Gasteiger partial charge in [-0.05, 0) is 0 Å². The molecule has 1 heterocycles. The van der Waals surface area contributed by atoms with E-state index >= 15 is 0 Å². The third-order valence-corrected chi connectivity index (χ3v) is 8.08. The predicted molar refractivity (Wildman–Crippen MR) is 116 cm³/mol. The van der Waals surface area contributed by atoms with Crippen molar-refractivity contribution in [2.24, 2.45) is 0 Å². The molecule has 1 atom stereocenters. The van der Waals surface area contributed by atoms with Crippen molar-refractivity contribution < 1.29 is 26.1 Å². The monoisotopic (exact) mass is 565 g/mol. The third kappa shape index (κ3) is 5.31. The molecule has 0 saturated carbocycles. The summed E-state index contributed by atoms with van der Waals surface area (Å²) in [6.45, 7) is 27.3. The molecule has 0 bridgehead atoms. The van der Waals surface area contributed by atoms with Gasteiger partial charge in [-0.1, -0.05) is 0 Å².